The highest BCUT2D eigenvalue weighted by molar-refractivity contribution is 9.10. The van der Waals surface area contributed by atoms with Gasteiger partial charge in [-0.15, -0.1) is 0 Å². The van der Waals surface area contributed by atoms with Gasteiger partial charge in [-0.2, -0.15) is 0 Å². The molecule has 0 aromatic rings. The summed E-state index contributed by atoms with van der Waals surface area (Å²) < 4.78 is -1.07. The summed E-state index contributed by atoms with van der Waals surface area (Å²) in [5.41, 5.74) is -0.639. The zero-order valence-corrected chi connectivity index (χ0v) is 10.4. The number of nitrogens with one attached hydrogen (secondary N) is 1. The summed E-state index contributed by atoms with van der Waals surface area (Å²) in [6, 6.07) is 0. The number of aliphatic hydroxyl groups excluding tert-OH is 1. The number of amides is 1. The number of hydrogen-bond donors (Lipinski definition) is 2. The van der Waals surface area contributed by atoms with Gasteiger partial charge < -0.3 is 10.4 Å². The first kappa shape index (κ1) is 13.2. The molecule has 78 valence electrons. The van der Waals surface area contributed by atoms with E-state index in [1.165, 1.54) is 0 Å². The fraction of sp³-hybridized carbons (Fsp3) is 0.875. The molecule has 0 heterocycles. The highest BCUT2D eigenvalue weighted by Crippen LogP contribution is 2.28. The van der Waals surface area contributed by atoms with Crippen molar-refractivity contribution in [3.05, 3.63) is 0 Å². The normalized spacial score (nSPS) is 16.5. The molecular formula is C8H15BrClNO2. The molecule has 0 aromatic carbocycles. The molecule has 1 amide bonds. The van der Waals surface area contributed by atoms with E-state index < -0.39 is 9.32 Å². The molecule has 5 heteroatoms. The van der Waals surface area contributed by atoms with Gasteiger partial charge in [0.15, 0.2) is 3.78 Å². The van der Waals surface area contributed by atoms with Crippen LogP contribution < -0.4 is 5.32 Å². The largest absolute Gasteiger partial charge is 0.394 e. The number of halogens is 2. The van der Waals surface area contributed by atoms with Crippen molar-refractivity contribution >= 4 is 33.4 Å². The van der Waals surface area contributed by atoms with Gasteiger partial charge in [-0.1, -0.05) is 34.5 Å². The third-order valence-electron chi connectivity index (χ3n) is 1.62. The van der Waals surface area contributed by atoms with Crippen molar-refractivity contribution in [3.63, 3.8) is 0 Å². The molecule has 0 aliphatic carbocycles. The Hall–Kier alpha value is 0.200. The van der Waals surface area contributed by atoms with Crippen LogP contribution in [0.4, 0.5) is 0 Å². The van der Waals surface area contributed by atoms with E-state index >= 15 is 0 Å². The van der Waals surface area contributed by atoms with Crippen LogP contribution >= 0.6 is 27.5 Å². The summed E-state index contributed by atoms with van der Waals surface area (Å²) in [6.45, 7) is 5.12. The van der Waals surface area contributed by atoms with Crippen LogP contribution in [0.5, 0.6) is 0 Å². The molecule has 0 radical (unpaired) electrons. The lowest BCUT2D eigenvalue weighted by Crippen LogP contribution is -2.51. The molecule has 0 saturated heterocycles. The molecule has 0 bridgehead atoms. The molecule has 0 aliphatic rings. The lowest BCUT2D eigenvalue weighted by molar-refractivity contribution is -0.123. The van der Waals surface area contributed by atoms with Gasteiger partial charge >= 0.3 is 0 Å². The summed E-state index contributed by atoms with van der Waals surface area (Å²) in [7, 11) is 0. The summed E-state index contributed by atoms with van der Waals surface area (Å²) in [5, 5.41) is 11.5. The van der Waals surface area contributed by atoms with Crippen LogP contribution in [-0.2, 0) is 4.79 Å². The molecule has 0 saturated carbocycles. The Kier molecular flexibility index (Phi) is 4.69. The fourth-order valence-electron chi connectivity index (χ4n) is 0.599. The van der Waals surface area contributed by atoms with Crippen molar-refractivity contribution in [1.29, 1.82) is 0 Å². The second-order valence-electron chi connectivity index (χ2n) is 3.55. The Morgan fingerprint density at radius 1 is 1.62 bits per heavy atom. The SMILES string of the molecule is CCC(Cl)(Br)C(=O)NC(C)(C)CO. The summed E-state index contributed by atoms with van der Waals surface area (Å²) in [5.74, 6) is -0.323. The molecule has 0 aliphatic heterocycles. The number of aliphatic hydroxyl groups is 1. The molecule has 0 spiro atoms. The third kappa shape index (κ3) is 4.29. The number of carbonyl (C=O) groups excluding carboxylic acids is 1. The van der Waals surface area contributed by atoms with Crippen molar-refractivity contribution < 1.29 is 9.90 Å². The number of alkyl halides is 2. The van der Waals surface area contributed by atoms with Gasteiger partial charge in [-0.3, -0.25) is 4.79 Å². The van der Waals surface area contributed by atoms with Crippen molar-refractivity contribution in [2.75, 3.05) is 6.61 Å². The minimum absolute atomic E-state index is 0.123. The summed E-state index contributed by atoms with van der Waals surface area (Å²) in [4.78, 5) is 11.5. The van der Waals surface area contributed by atoms with Gasteiger partial charge in [0.1, 0.15) is 0 Å². The van der Waals surface area contributed by atoms with E-state index in [0.717, 1.165) is 0 Å². The molecule has 0 rings (SSSR count). The molecular weight excluding hydrogens is 257 g/mol. The first-order chi connectivity index (χ1) is 5.75. The van der Waals surface area contributed by atoms with E-state index in [2.05, 4.69) is 21.2 Å². The van der Waals surface area contributed by atoms with Gasteiger partial charge in [-0.25, -0.2) is 0 Å². The highest BCUT2D eigenvalue weighted by Gasteiger charge is 2.34. The molecule has 13 heavy (non-hydrogen) atoms. The predicted octanol–water partition coefficient (Wildman–Crippen LogP) is 1.61. The fourth-order valence-corrected chi connectivity index (χ4v) is 0.745. The Morgan fingerprint density at radius 2 is 2.08 bits per heavy atom. The third-order valence-corrected chi connectivity index (χ3v) is 2.98. The topological polar surface area (TPSA) is 49.3 Å². The monoisotopic (exact) mass is 271 g/mol. The van der Waals surface area contributed by atoms with Gasteiger partial charge in [0.2, 0.25) is 0 Å². The lowest BCUT2D eigenvalue weighted by atomic mass is 10.1. The second kappa shape index (κ2) is 4.62. The van der Waals surface area contributed by atoms with Crippen LogP contribution in [0, 0.1) is 0 Å². The maximum absolute atomic E-state index is 11.5. The standard InChI is InChI=1S/C8H15BrClNO2/c1-4-8(9,10)6(13)11-7(2,3)5-12/h12H,4-5H2,1-3H3,(H,11,13). The van der Waals surface area contributed by atoms with Gasteiger partial charge in [-0.05, 0) is 20.3 Å². The quantitative estimate of drug-likeness (QED) is 0.764. The van der Waals surface area contributed by atoms with E-state index in [0.29, 0.717) is 6.42 Å². The van der Waals surface area contributed by atoms with Crippen molar-refractivity contribution in [2.45, 2.75) is 36.5 Å². The van der Waals surface area contributed by atoms with E-state index in [9.17, 15) is 4.79 Å². The number of hydrogen-bond acceptors (Lipinski definition) is 2. The van der Waals surface area contributed by atoms with Crippen molar-refractivity contribution in [1.82, 2.24) is 5.32 Å². The van der Waals surface area contributed by atoms with Crippen LogP contribution in [0.1, 0.15) is 27.2 Å². The second-order valence-corrected chi connectivity index (χ2v) is 6.01. The number of carbonyl (C=O) groups is 1. The van der Waals surface area contributed by atoms with Crippen LogP contribution in [-0.4, -0.2) is 26.9 Å². The predicted molar refractivity (Wildman–Crippen MR) is 57.1 cm³/mol. The smallest absolute Gasteiger partial charge is 0.252 e. The Morgan fingerprint density at radius 3 is 2.38 bits per heavy atom. The zero-order valence-electron chi connectivity index (χ0n) is 8.03. The first-order valence-corrected chi connectivity index (χ1v) is 5.23. The molecule has 1 unspecified atom stereocenters. The maximum Gasteiger partial charge on any atom is 0.252 e. The lowest BCUT2D eigenvalue weighted by Gasteiger charge is -2.27. The summed E-state index contributed by atoms with van der Waals surface area (Å²) in [6.07, 6.45) is 0.474. The van der Waals surface area contributed by atoms with Crippen molar-refractivity contribution in [3.8, 4) is 0 Å². The van der Waals surface area contributed by atoms with Crippen LogP contribution in [0.15, 0.2) is 0 Å². The molecule has 0 fully saturated rings. The average Bonchev–Trinajstić information content (AvgIpc) is 2.04. The summed E-state index contributed by atoms with van der Waals surface area (Å²) >= 11 is 8.96. The molecule has 2 N–H and O–H groups in total. The van der Waals surface area contributed by atoms with E-state index in [1.807, 2.05) is 0 Å². The van der Waals surface area contributed by atoms with Crippen LogP contribution in [0.25, 0.3) is 0 Å². The first-order valence-electron chi connectivity index (χ1n) is 4.06. The van der Waals surface area contributed by atoms with Gasteiger partial charge in [0.25, 0.3) is 5.91 Å². The minimum atomic E-state index is -1.07. The zero-order chi connectivity index (χ0) is 10.7. The van der Waals surface area contributed by atoms with E-state index in [-0.39, 0.29) is 12.5 Å². The molecule has 1 atom stereocenters. The highest BCUT2D eigenvalue weighted by atomic mass is 79.9. The average molecular weight is 273 g/mol. The molecule has 3 nitrogen and oxygen atoms in total. The van der Waals surface area contributed by atoms with Crippen LogP contribution in [0.2, 0.25) is 0 Å². The van der Waals surface area contributed by atoms with E-state index in [4.69, 9.17) is 16.7 Å². The van der Waals surface area contributed by atoms with Crippen molar-refractivity contribution in [2.24, 2.45) is 0 Å². The van der Waals surface area contributed by atoms with Gasteiger partial charge in [0, 0.05) is 0 Å². The Bertz CT molecular complexity index is 195. The maximum atomic E-state index is 11.5. The van der Waals surface area contributed by atoms with Crippen LogP contribution in [0.3, 0.4) is 0 Å². The Balaban J connectivity index is 4.31. The molecule has 0 aromatic heterocycles. The van der Waals surface area contributed by atoms with Gasteiger partial charge in [0.05, 0.1) is 12.1 Å². The van der Waals surface area contributed by atoms with E-state index in [1.54, 1.807) is 20.8 Å². The Labute approximate surface area is 92.0 Å². The minimum Gasteiger partial charge on any atom is -0.394 e. The number of rotatable bonds is 4.